The average molecular weight is 234 g/mol. The summed E-state index contributed by atoms with van der Waals surface area (Å²) in [5, 5.41) is 0.887. The van der Waals surface area contributed by atoms with E-state index in [9.17, 15) is 0 Å². The molecule has 5 heteroatoms. The highest BCUT2D eigenvalue weighted by Crippen LogP contribution is 2.35. The van der Waals surface area contributed by atoms with E-state index in [4.69, 9.17) is 5.73 Å². The minimum Gasteiger partial charge on any atom is -0.383 e. The van der Waals surface area contributed by atoms with Crippen molar-refractivity contribution in [3.63, 3.8) is 0 Å². The highest BCUT2D eigenvalue weighted by Gasteiger charge is 2.21. The van der Waals surface area contributed by atoms with E-state index in [0.717, 1.165) is 15.9 Å². The second-order valence-corrected chi connectivity index (χ2v) is 4.80. The van der Waals surface area contributed by atoms with Crippen LogP contribution < -0.4 is 5.73 Å². The monoisotopic (exact) mass is 234 g/mol. The maximum absolute atomic E-state index is 5.86. The van der Waals surface area contributed by atoms with E-state index in [1.54, 1.807) is 0 Å². The van der Waals surface area contributed by atoms with Gasteiger partial charge in [0, 0.05) is 17.1 Å². The van der Waals surface area contributed by atoms with Gasteiger partial charge in [0.2, 0.25) is 0 Å². The smallest absolute Gasteiger partial charge is 0.146 e. The highest BCUT2D eigenvalue weighted by atomic mass is 32.1. The molecule has 0 aromatic carbocycles. The molecule has 0 aliphatic heterocycles. The molecule has 0 unspecified atom stereocenters. The molecule has 2 aromatic rings. The molecule has 1 fully saturated rings. The molecule has 2 heterocycles. The van der Waals surface area contributed by atoms with Gasteiger partial charge in [-0.2, -0.15) is 0 Å². The molecular formula is C11H14N4S. The van der Waals surface area contributed by atoms with Crippen molar-refractivity contribution in [3.05, 3.63) is 12.5 Å². The molecule has 0 amide bonds. The number of aromatic nitrogens is 3. The first kappa shape index (κ1) is 9.96. The normalized spacial score (nSPS) is 17.3. The van der Waals surface area contributed by atoms with Crippen LogP contribution in [-0.4, -0.2) is 14.5 Å². The number of thiol groups is 1. The van der Waals surface area contributed by atoms with Crippen molar-refractivity contribution in [2.75, 3.05) is 5.73 Å². The van der Waals surface area contributed by atoms with Gasteiger partial charge in [-0.25, -0.2) is 9.97 Å². The topological polar surface area (TPSA) is 56.7 Å². The molecule has 0 spiro atoms. The first-order chi connectivity index (χ1) is 7.77. The maximum atomic E-state index is 5.86. The summed E-state index contributed by atoms with van der Waals surface area (Å²) < 4.78 is 2.21. The standard InChI is InChI=1S/C11H14N4S/c12-10-9-8(16)5-15(7-3-1-2-4-7)11(9)14-6-13-10/h5-7,16H,1-4H2,(H2,12,13,14). The second kappa shape index (κ2) is 3.66. The van der Waals surface area contributed by atoms with Crippen molar-refractivity contribution in [1.82, 2.24) is 14.5 Å². The zero-order valence-corrected chi connectivity index (χ0v) is 9.82. The Morgan fingerprint density at radius 2 is 2.06 bits per heavy atom. The van der Waals surface area contributed by atoms with Crippen LogP contribution in [0.25, 0.3) is 11.0 Å². The average Bonchev–Trinajstić information content (AvgIpc) is 2.86. The van der Waals surface area contributed by atoms with Gasteiger partial charge in [-0.3, -0.25) is 0 Å². The van der Waals surface area contributed by atoms with E-state index in [1.165, 1.54) is 32.0 Å². The number of anilines is 1. The largest absolute Gasteiger partial charge is 0.383 e. The highest BCUT2D eigenvalue weighted by molar-refractivity contribution is 7.80. The van der Waals surface area contributed by atoms with Crippen LogP contribution in [-0.2, 0) is 0 Å². The number of hydrogen-bond donors (Lipinski definition) is 2. The first-order valence-electron chi connectivity index (χ1n) is 5.57. The summed E-state index contributed by atoms with van der Waals surface area (Å²) in [4.78, 5) is 9.22. The van der Waals surface area contributed by atoms with Gasteiger partial charge in [-0.1, -0.05) is 12.8 Å². The molecule has 0 atom stereocenters. The quantitative estimate of drug-likeness (QED) is 0.745. The van der Waals surface area contributed by atoms with Crippen molar-refractivity contribution < 1.29 is 0 Å². The minimum atomic E-state index is 0.520. The molecule has 1 aliphatic carbocycles. The number of fused-ring (bicyclic) bond motifs is 1. The molecule has 4 nitrogen and oxygen atoms in total. The number of nitrogens with zero attached hydrogens (tertiary/aromatic N) is 3. The van der Waals surface area contributed by atoms with Gasteiger partial charge < -0.3 is 10.3 Å². The van der Waals surface area contributed by atoms with Crippen molar-refractivity contribution in [3.8, 4) is 0 Å². The van der Waals surface area contributed by atoms with E-state index >= 15 is 0 Å². The minimum absolute atomic E-state index is 0.520. The summed E-state index contributed by atoms with van der Waals surface area (Å²) in [7, 11) is 0. The number of nitrogens with two attached hydrogens (primary N) is 1. The van der Waals surface area contributed by atoms with Crippen LogP contribution in [0.3, 0.4) is 0 Å². The van der Waals surface area contributed by atoms with Gasteiger partial charge in [0.25, 0.3) is 0 Å². The van der Waals surface area contributed by atoms with Crippen LogP contribution in [0.4, 0.5) is 5.82 Å². The van der Waals surface area contributed by atoms with Crippen molar-refractivity contribution in [1.29, 1.82) is 0 Å². The molecule has 1 aliphatic rings. The molecule has 3 rings (SSSR count). The van der Waals surface area contributed by atoms with Crippen LogP contribution in [0.1, 0.15) is 31.7 Å². The fraction of sp³-hybridized carbons (Fsp3) is 0.455. The summed E-state index contributed by atoms with van der Waals surface area (Å²) in [5.74, 6) is 0.520. The van der Waals surface area contributed by atoms with Crippen molar-refractivity contribution in [2.45, 2.75) is 36.6 Å². The van der Waals surface area contributed by atoms with Gasteiger partial charge >= 0.3 is 0 Å². The molecule has 0 radical (unpaired) electrons. The predicted octanol–water partition coefficient (Wildman–Crippen LogP) is 2.42. The number of rotatable bonds is 1. The Kier molecular flexibility index (Phi) is 2.28. The fourth-order valence-electron chi connectivity index (χ4n) is 2.55. The van der Waals surface area contributed by atoms with Crippen molar-refractivity contribution in [2.24, 2.45) is 0 Å². The Labute approximate surface area is 99.3 Å². The zero-order valence-electron chi connectivity index (χ0n) is 8.93. The van der Waals surface area contributed by atoms with Gasteiger partial charge in [-0.15, -0.1) is 12.6 Å². The molecular weight excluding hydrogens is 220 g/mol. The summed E-state index contributed by atoms with van der Waals surface area (Å²) in [6, 6.07) is 0.553. The van der Waals surface area contributed by atoms with Crippen molar-refractivity contribution >= 4 is 29.5 Å². The predicted molar refractivity (Wildman–Crippen MR) is 66.7 cm³/mol. The Morgan fingerprint density at radius 1 is 1.31 bits per heavy atom. The lowest BCUT2D eigenvalue weighted by atomic mass is 10.2. The molecule has 0 bridgehead atoms. The van der Waals surface area contributed by atoms with Crippen LogP contribution in [0.5, 0.6) is 0 Å². The fourth-order valence-corrected chi connectivity index (χ4v) is 2.89. The Balaban J connectivity index is 2.22. The van der Waals surface area contributed by atoms with Gasteiger partial charge in [0.05, 0.1) is 5.39 Å². The Hall–Kier alpha value is -1.23. The summed E-state index contributed by atoms with van der Waals surface area (Å²) in [6.07, 6.45) is 8.60. The molecule has 2 N–H and O–H groups in total. The lowest BCUT2D eigenvalue weighted by molar-refractivity contribution is 0.530. The zero-order chi connectivity index (χ0) is 11.1. The third-order valence-corrected chi connectivity index (χ3v) is 3.68. The van der Waals surface area contributed by atoms with Crippen LogP contribution in [0.2, 0.25) is 0 Å². The number of hydrogen-bond acceptors (Lipinski definition) is 4. The van der Waals surface area contributed by atoms with E-state index in [2.05, 4.69) is 27.2 Å². The summed E-state index contributed by atoms with van der Waals surface area (Å²) >= 11 is 4.45. The summed E-state index contributed by atoms with van der Waals surface area (Å²) in [5.41, 5.74) is 6.78. The van der Waals surface area contributed by atoms with Gasteiger partial charge in [0.1, 0.15) is 17.8 Å². The Morgan fingerprint density at radius 3 is 2.81 bits per heavy atom. The SMILES string of the molecule is Nc1ncnc2c1c(S)cn2C1CCCC1. The van der Waals surface area contributed by atoms with Gasteiger partial charge in [-0.05, 0) is 12.8 Å². The number of nitrogen functional groups attached to an aromatic ring is 1. The Bertz CT molecular complexity index is 528. The van der Waals surface area contributed by atoms with Gasteiger partial charge in [0.15, 0.2) is 0 Å². The lowest BCUT2D eigenvalue weighted by Crippen LogP contribution is -2.04. The molecule has 1 saturated carbocycles. The maximum Gasteiger partial charge on any atom is 0.146 e. The lowest BCUT2D eigenvalue weighted by Gasteiger charge is -2.12. The van der Waals surface area contributed by atoms with E-state index in [0.29, 0.717) is 11.9 Å². The summed E-state index contributed by atoms with van der Waals surface area (Å²) in [6.45, 7) is 0. The van der Waals surface area contributed by atoms with E-state index < -0.39 is 0 Å². The molecule has 84 valence electrons. The molecule has 0 saturated heterocycles. The first-order valence-corrected chi connectivity index (χ1v) is 6.02. The van der Waals surface area contributed by atoms with E-state index in [1.807, 2.05) is 6.20 Å². The van der Waals surface area contributed by atoms with Crippen LogP contribution in [0.15, 0.2) is 17.4 Å². The van der Waals surface area contributed by atoms with E-state index in [-0.39, 0.29) is 0 Å². The molecule has 2 aromatic heterocycles. The third kappa shape index (κ3) is 1.38. The second-order valence-electron chi connectivity index (χ2n) is 4.32. The van der Waals surface area contributed by atoms with Crippen LogP contribution >= 0.6 is 12.6 Å². The third-order valence-electron chi connectivity index (χ3n) is 3.34. The van der Waals surface area contributed by atoms with Crippen LogP contribution in [0, 0.1) is 0 Å². The molecule has 16 heavy (non-hydrogen) atoms.